The normalized spacial score (nSPS) is 14.6. The van der Waals surface area contributed by atoms with Crippen molar-refractivity contribution < 1.29 is 18.3 Å². The predicted octanol–water partition coefficient (Wildman–Crippen LogP) is 1.08. The average Bonchev–Trinajstić information content (AvgIpc) is 2.91. The van der Waals surface area contributed by atoms with Gasteiger partial charge in [-0.3, -0.25) is 4.79 Å². The molecule has 8 heteroatoms. The molecule has 1 amide bonds. The number of hydrogen-bond donors (Lipinski definition) is 3. The molecule has 0 spiro atoms. The van der Waals surface area contributed by atoms with Crippen LogP contribution in [0.5, 0.6) is 0 Å². The Labute approximate surface area is 129 Å². The van der Waals surface area contributed by atoms with Crippen LogP contribution >= 0.6 is 11.3 Å². The average molecular weight is 334 g/mol. The Morgan fingerprint density at radius 3 is 2.76 bits per heavy atom. The zero-order valence-electron chi connectivity index (χ0n) is 12.3. The van der Waals surface area contributed by atoms with Gasteiger partial charge in [-0.15, -0.1) is 11.3 Å². The van der Waals surface area contributed by atoms with Crippen molar-refractivity contribution in [2.75, 3.05) is 13.1 Å². The van der Waals surface area contributed by atoms with E-state index >= 15 is 0 Å². The van der Waals surface area contributed by atoms with Gasteiger partial charge in [0, 0.05) is 19.5 Å². The van der Waals surface area contributed by atoms with Gasteiger partial charge in [-0.25, -0.2) is 13.1 Å². The summed E-state index contributed by atoms with van der Waals surface area (Å²) in [7, 11) is -3.53. The van der Waals surface area contributed by atoms with Crippen LogP contribution in [0.25, 0.3) is 0 Å². The van der Waals surface area contributed by atoms with Gasteiger partial charge in [0.15, 0.2) is 0 Å². The summed E-state index contributed by atoms with van der Waals surface area (Å²) in [5.74, 6) is -0.291. The number of nitrogens with one attached hydrogen (secondary N) is 2. The van der Waals surface area contributed by atoms with Crippen LogP contribution in [0.2, 0.25) is 0 Å². The SMILES string of the molecule is CCCC(C)(O)CNC(=O)CCNS(=O)(=O)c1cccs1. The maximum atomic E-state index is 11.8. The number of carbonyl (C=O) groups is 1. The van der Waals surface area contributed by atoms with Crippen LogP contribution in [-0.2, 0) is 14.8 Å². The summed E-state index contributed by atoms with van der Waals surface area (Å²) in [6.07, 6.45) is 1.45. The van der Waals surface area contributed by atoms with Crippen molar-refractivity contribution in [3.05, 3.63) is 17.5 Å². The second-order valence-electron chi connectivity index (χ2n) is 5.10. The minimum atomic E-state index is -3.53. The molecule has 3 N–H and O–H groups in total. The number of carbonyl (C=O) groups excluding carboxylic acids is 1. The molecule has 0 bridgehead atoms. The standard InChI is InChI=1S/C13H22N2O4S2/c1-3-7-13(2,17)10-14-11(16)6-8-15-21(18,19)12-5-4-9-20-12/h4-5,9,15,17H,3,6-8,10H2,1-2H3,(H,14,16). The molecule has 0 saturated heterocycles. The lowest BCUT2D eigenvalue weighted by atomic mass is 10.0. The summed E-state index contributed by atoms with van der Waals surface area (Å²) in [4.78, 5) is 11.6. The highest BCUT2D eigenvalue weighted by Crippen LogP contribution is 2.15. The number of thiophene rings is 1. The maximum absolute atomic E-state index is 11.8. The lowest BCUT2D eigenvalue weighted by Gasteiger charge is -2.22. The van der Waals surface area contributed by atoms with E-state index in [0.717, 1.165) is 17.8 Å². The zero-order chi connectivity index (χ0) is 15.9. The fraction of sp³-hybridized carbons (Fsp3) is 0.615. The minimum absolute atomic E-state index is 0.0297. The molecule has 0 aliphatic rings. The molecule has 0 aliphatic heterocycles. The first-order valence-corrected chi connectivity index (χ1v) is 9.15. The molecule has 1 atom stereocenters. The fourth-order valence-corrected chi connectivity index (χ4v) is 3.86. The van der Waals surface area contributed by atoms with E-state index in [-0.39, 0.29) is 29.6 Å². The highest BCUT2D eigenvalue weighted by atomic mass is 32.2. The summed E-state index contributed by atoms with van der Waals surface area (Å²) in [6.45, 7) is 3.81. The molecule has 1 heterocycles. The molecule has 0 aliphatic carbocycles. The Balaban J connectivity index is 2.31. The Morgan fingerprint density at radius 2 is 2.19 bits per heavy atom. The van der Waals surface area contributed by atoms with Crippen molar-refractivity contribution in [2.45, 2.75) is 42.9 Å². The number of sulfonamides is 1. The number of hydrogen-bond acceptors (Lipinski definition) is 5. The summed E-state index contributed by atoms with van der Waals surface area (Å²) >= 11 is 1.12. The quantitative estimate of drug-likeness (QED) is 0.630. The van der Waals surface area contributed by atoms with Crippen LogP contribution in [0.1, 0.15) is 33.1 Å². The molecule has 6 nitrogen and oxygen atoms in total. The molecule has 0 saturated carbocycles. The number of rotatable bonds is 9. The molecule has 1 aromatic rings. The highest BCUT2D eigenvalue weighted by Gasteiger charge is 2.20. The largest absolute Gasteiger partial charge is 0.388 e. The maximum Gasteiger partial charge on any atom is 0.250 e. The molecule has 0 fully saturated rings. The summed E-state index contributed by atoms with van der Waals surface area (Å²) in [5.41, 5.74) is -0.930. The predicted molar refractivity (Wildman–Crippen MR) is 82.7 cm³/mol. The van der Waals surface area contributed by atoms with Gasteiger partial charge in [-0.2, -0.15) is 0 Å². The summed E-state index contributed by atoms with van der Waals surface area (Å²) in [5, 5.41) is 14.2. The van der Waals surface area contributed by atoms with Gasteiger partial charge in [-0.1, -0.05) is 19.4 Å². The third kappa shape index (κ3) is 6.56. The minimum Gasteiger partial charge on any atom is -0.388 e. The highest BCUT2D eigenvalue weighted by molar-refractivity contribution is 7.91. The van der Waals surface area contributed by atoms with Crippen molar-refractivity contribution in [3.8, 4) is 0 Å². The molecule has 1 rings (SSSR count). The first kappa shape index (κ1) is 18.1. The van der Waals surface area contributed by atoms with Crippen LogP contribution < -0.4 is 10.0 Å². The smallest absolute Gasteiger partial charge is 0.250 e. The van der Waals surface area contributed by atoms with Crippen molar-refractivity contribution in [1.29, 1.82) is 0 Å². The van der Waals surface area contributed by atoms with E-state index in [9.17, 15) is 18.3 Å². The van der Waals surface area contributed by atoms with Crippen molar-refractivity contribution in [2.24, 2.45) is 0 Å². The van der Waals surface area contributed by atoms with Gasteiger partial charge < -0.3 is 10.4 Å². The van der Waals surface area contributed by atoms with Crippen LogP contribution in [-0.4, -0.2) is 38.1 Å². The first-order valence-electron chi connectivity index (χ1n) is 6.79. The van der Waals surface area contributed by atoms with Crippen LogP contribution in [0.15, 0.2) is 21.7 Å². The van der Waals surface area contributed by atoms with Gasteiger partial charge >= 0.3 is 0 Å². The molecule has 0 aromatic carbocycles. The lowest BCUT2D eigenvalue weighted by Crippen LogP contribution is -2.41. The Bertz CT molecular complexity index is 539. The summed E-state index contributed by atoms with van der Waals surface area (Å²) < 4.78 is 26.2. The van der Waals surface area contributed by atoms with Crippen molar-refractivity contribution in [1.82, 2.24) is 10.0 Å². The Morgan fingerprint density at radius 1 is 1.48 bits per heavy atom. The van der Waals surface area contributed by atoms with Gasteiger partial charge in [0.1, 0.15) is 4.21 Å². The van der Waals surface area contributed by atoms with E-state index in [1.54, 1.807) is 18.4 Å². The number of aliphatic hydroxyl groups is 1. The Hall–Kier alpha value is -0.960. The van der Waals surface area contributed by atoms with E-state index in [1.165, 1.54) is 6.07 Å². The van der Waals surface area contributed by atoms with Crippen LogP contribution in [0, 0.1) is 0 Å². The fourth-order valence-electron chi connectivity index (χ4n) is 1.79. The molecule has 21 heavy (non-hydrogen) atoms. The van der Waals surface area contributed by atoms with Crippen LogP contribution in [0.4, 0.5) is 0 Å². The second-order valence-corrected chi connectivity index (χ2v) is 8.05. The molecular weight excluding hydrogens is 312 g/mol. The van der Waals surface area contributed by atoms with Gasteiger partial charge in [-0.05, 0) is 24.8 Å². The van der Waals surface area contributed by atoms with Gasteiger partial charge in [0.2, 0.25) is 15.9 Å². The van der Waals surface area contributed by atoms with Gasteiger partial charge in [0.05, 0.1) is 5.60 Å². The third-order valence-electron chi connectivity index (χ3n) is 2.86. The molecule has 1 aromatic heterocycles. The first-order chi connectivity index (χ1) is 9.77. The van der Waals surface area contributed by atoms with E-state index in [4.69, 9.17) is 0 Å². The van der Waals surface area contributed by atoms with E-state index in [2.05, 4.69) is 10.0 Å². The topological polar surface area (TPSA) is 95.5 Å². The molecule has 120 valence electrons. The van der Waals surface area contributed by atoms with Crippen molar-refractivity contribution in [3.63, 3.8) is 0 Å². The van der Waals surface area contributed by atoms with E-state index in [1.807, 2.05) is 6.92 Å². The Kier molecular flexibility index (Phi) is 6.79. The molecule has 0 radical (unpaired) electrons. The lowest BCUT2D eigenvalue weighted by molar-refractivity contribution is -0.122. The second kappa shape index (κ2) is 7.88. The molecular formula is C13H22N2O4S2. The number of amides is 1. The third-order valence-corrected chi connectivity index (χ3v) is 5.72. The molecule has 1 unspecified atom stereocenters. The van der Waals surface area contributed by atoms with E-state index in [0.29, 0.717) is 6.42 Å². The monoisotopic (exact) mass is 334 g/mol. The zero-order valence-corrected chi connectivity index (χ0v) is 13.9. The van der Waals surface area contributed by atoms with Crippen LogP contribution in [0.3, 0.4) is 0 Å². The van der Waals surface area contributed by atoms with Crippen molar-refractivity contribution >= 4 is 27.3 Å². The van der Waals surface area contributed by atoms with E-state index < -0.39 is 15.6 Å². The summed E-state index contributed by atoms with van der Waals surface area (Å²) in [6, 6.07) is 3.16. The van der Waals surface area contributed by atoms with Gasteiger partial charge in [0.25, 0.3) is 0 Å².